The molecule has 0 aliphatic rings. The number of hydrogen-bond donors (Lipinski definition) is 3. The maximum absolute atomic E-state index is 11.1. The van der Waals surface area contributed by atoms with E-state index >= 15 is 0 Å². The van der Waals surface area contributed by atoms with E-state index in [0.717, 1.165) is 10.9 Å². The molecule has 3 N–H and O–H groups in total. The summed E-state index contributed by atoms with van der Waals surface area (Å²) in [5.74, 6) is -2.19. The van der Waals surface area contributed by atoms with Gasteiger partial charge >= 0.3 is 5.97 Å². The summed E-state index contributed by atoms with van der Waals surface area (Å²) in [7, 11) is 0. The largest absolute Gasteiger partial charge is 0.476 e. The van der Waals surface area contributed by atoms with E-state index in [1.807, 2.05) is 0 Å². The molecule has 0 spiro atoms. The number of carbonyl (C=O) groups excluding carboxylic acids is 2. The molecule has 0 aliphatic carbocycles. The van der Waals surface area contributed by atoms with Crippen molar-refractivity contribution in [2.75, 3.05) is 0 Å². The molecular formula is C7H9N5O4. The fourth-order valence-electron chi connectivity index (χ4n) is 0.818. The van der Waals surface area contributed by atoms with Crippen molar-refractivity contribution in [2.45, 2.75) is 13.5 Å². The molecule has 0 unspecified atom stereocenters. The van der Waals surface area contributed by atoms with Crippen molar-refractivity contribution in [1.29, 1.82) is 0 Å². The number of aromatic nitrogens is 3. The Morgan fingerprint density at radius 1 is 1.44 bits per heavy atom. The average Bonchev–Trinajstić information content (AvgIpc) is 2.63. The standard InChI is InChI=1S/C7H9N5O4/c1-4(13)8-10-6(14)3-12-2-5(7(15)16)9-11-12/h2H,3H2,1H3,(H,8,13)(H,10,14)(H,15,16). The third-order valence-electron chi connectivity index (χ3n) is 1.44. The molecular weight excluding hydrogens is 218 g/mol. The van der Waals surface area contributed by atoms with E-state index in [1.54, 1.807) is 0 Å². The lowest BCUT2D eigenvalue weighted by molar-refractivity contribution is -0.128. The second-order valence-electron chi connectivity index (χ2n) is 2.84. The molecule has 0 aliphatic heterocycles. The molecule has 1 heterocycles. The monoisotopic (exact) mass is 227 g/mol. The van der Waals surface area contributed by atoms with Gasteiger partial charge in [-0.3, -0.25) is 20.4 Å². The van der Waals surface area contributed by atoms with Crippen LogP contribution in [0.5, 0.6) is 0 Å². The van der Waals surface area contributed by atoms with Crippen molar-refractivity contribution in [2.24, 2.45) is 0 Å². The molecule has 1 aromatic rings. The lowest BCUT2D eigenvalue weighted by atomic mass is 10.5. The maximum Gasteiger partial charge on any atom is 0.358 e. The van der Waals surface area contributed by atoms with Crippen molar-refractivity contribution in [1.82, 2.24) is 25.8 Å². The Morgan fingerprint density at radius 2 is 2.12 bits per heavy atom. The number of carboxylic acids is 1. The first-order valence-electron chi connectivity index (χ1n) is 4.18. The molecule has 0 fully saturated rings. The smallest absolute Gasteiger partial charge is 0.358 e. The van der Waals surface area contributed by atoms with Crippen LogP contribution in [-0.4, -0.2) is 37.9 Å². The van der Waals surface area contributed by atoms with Gasteiger partial charge in [-0.15, -0.1) is 5.10 Å². The van der Waals surface area contributed by atoms with Crippen LogP contribution in [0.25, 0.3) is 0 Å². The summed E-state index contributed by atoms with van der Waals surface area (Å²) in [6, 6.07) is 0. The van der Waals surface area contributed by atoms with Crippen LogP contribution in [0, 0.1) is 0 Å². The predicted octanol–water partition coefficient (Wildman–Crippen LogP) is -1.86. The van der Waals surface area contributed by atoms with Crippen LogP contribution in [0.2, 0.25) is 0 Å². The molecule has 0 saturated heterocycles. The van der Waals surface area contributed by atoms with Gasteiger partial charge in [0.2, 0.25) is 5.91 Å². The Kier molecular flexibility index (Phi) is 3.53. The van der Waals surface area contributed by atoms with Crippen molar-refractivity contribution in [3.8, 4) is 0 Å². The fourth-order valence-corrected chi connectivity index (χ4v) is 0.818. The van der Waals surface area contributed by atoms with Gasteiger partial charge < -0.3 is 5.11 Å². The Labute approximate surface area is 89.4 Å². The van der Waals surface area contributed by atoms with Crippen molar-refractivity contribution in [3.63, 3.8) is 0 Å². The number of hydrogen-bond acceptors (Lipinski definition) is 5. The SMILES string of the molecule is CC(=O)NNC(=O)Cn1cc(C(=O)O)nn1. The minimum Gasteiger partial charge on any atom is -0.476 e. The molecule has 0 atom stereocenters. The molecule has 0 radical (unpaired) electrons. The van der Waals surface area contributed by atoms with Crippen LogP contribution in [0.3, 0.4) is 0 Å². The van der Waals surface area contributed by atoms with Gasteiger partial charge in [-0.2, -0.15) is 0 Å². The third kappa shape index (κ3) is 3.36. The van der Waals surface area contributed by atoms with Crippen molar-refractivity contribution < 1.29 is 19.5 Å². The first-order chi connectivity index (χ1) is 7.49. The highest BCUT2D eigenvalue weighted by Gasteiger charge is 2.10. The topological polar surface area (TPSA) is 126 Å². The third-order valence-corrected chi connectivity index (χ3v) is 1.44. The molecule has 16 heavy (non-hydrogen) atoms. The zero-order valence-electron chi connectivity index (χ0n) is 8.30. The van der Waals surface area contributed by atoms with Crippen LogP contribution < -0.4 is 10.9 Å². The van der Waals surface area contributed by atoms with Crippen LogP contribution in [0.1, 0.15) is 17.4 Å². The Morgan fingerprint density at radius 3 is 2.62 bits per heavy atom. The van der Waals surface area contributed by atoms with Gasteiger partial charge in [0.1, 0.15) is 6.54 Å². The highest BCUT2D eigenvalue weighted by molar-refractivity contribution is 5.85. The van der Waals surface area contributed by atoms with Gasteiger partial charge in [0, 0.05) is 6.92 Å². The fraction of sp³-hybridized carbons (Fsp3) is 0.286. The molecule has 2 amide bonds. The zero-order valence-corrected chi connectivity index (χ0v) is 8.30. The van der Waals surface area contributed by atoms with E-state index in [0.29, 0.717) is 0 Å². The first-order valence-corrected chi connectivity index (χ1v) is 4.18. The van der Waals surface area contributed by atoms with Crippen LogP contribution in [0.15, 0.2) is 6.20 Å². The van der Waals surface area contributed by atoms with Gasteiger partial charge in [-0.25, -0.2) is 9.48 Å². The zero-order chi connectivity index (χ0) is 12.1. The van der Waals surface area contributed by atoms with Crippen LogP contribution >= 0.6 is 0 Å². The highest BCUT2D eigenvalue weighted by Crippen LogP contribution is 1.91. The molecule has 86 valence electrons. The highest BCUT2D eigenvalue weighted by atomic mass is 16.4. The van der Waals surface area contributed by atoms with E-state index in [1.165, 1.54) is 6.92 Å². The number of amides is 2. The minimum absolute atomic E-state index is 0.236. The maximum atomic E-state index is 11.1. The number of carboxylic acid groups (broad SMARTS) is 1. The summed E-state index contributed by atoms with van der Waals surface area (Å²) in [6.45, 7) is 0.999. The summed E-state index contributed by atoms with van der Waals surface area (Å²) < 4.78 is 1.04. The van der Waals surface area contributed by atoms with E-state index < -0.39 is 17.8 Å². The van der Waals surface area contributed by atoms with Crippen molar-refractivity contribution >= 4 is 17.8 Å². The quantitative estimate of drug-likeness (QED) is 0.520. The molecule has 0 saturated carbocycles. The molecule has 1 rings (SSSR count). The van der Waals surface area contributed by atoms with Crippen LogP contribution in [0.4, 0.5) is 0 Å². The number of hydrazine groups is 1. The van der Waals surface area contributed by atoms with E-state index in [-0.39, 0.29) is 12.2 Å². The lowest BCUT2D eigenvalue weighted by Crippen LogP contribution is -2.42. The Hall–Kier alpha value is -2.45. The molecule has 0 bridgehead atoms. The number of rotatable bonds is 3. The van der Waals surface area contributed by atoms with Gasteiger partial charge in [-0.05, 0) is 0 Å². The molecule has 9 nitrogen and oxygen atoms in total. The number of nitrogens with one attached hydrogen (secondary N) is 2. The summed E-state index contributed by atoms with van der Waals surface area (Å²) in [6.07, 6.45) is 1.11. The van der Waals surface area contributed by atoms with E-state index in [9.17, 15) is 14.4 Å². The van der Waals surface area contributed by atoms with Gasteiger partial charge in [0.15, 0.2) is 5.69 Å². The average molecular weight is 227 g/mol. The first kappa shape index (κ1) is 11.6. The summed E-state index contributed by atoms with van der Waals surface area (Å²) in [4.78, 5) is 32.0. The number of carbonyl (C=O) groups is 3. The van der Waals surface area contributed by atoms with Crippen molar-refractivity contribution in [3.05, 3.63) is 11.9 Å². The van der Waals surface area contributed by atoms with Gasteiger partial charge in [-0.1, -0.05) is 5.21 Å². The normalized spacial score (nSPS) is 9.56. The number of nitrogens with zero attached hydrogens (tertiary/aromatic N) is 3. The van der Waals surface area contributed by atoms with Crippen LogP contribution in [-0.2, 0) is 16.1 Å². The molecule has 1 aromatic heterocycles. The summed E-state index contributed by atoms with van der Waals surface area (Å²) in [5.41, 5.74) is 3.92. The van der Waals surface area contributed by atoms with Gasteiger partial charge in [0.05, 0.1) is 6.20 Å². The molecule has 0 aromatic carbocycles. The summed E-state index contributed by atoms with van der Waals surface area (Å²) >= 11 is 0. The van der Waals surface area contributed by atoms with Gasteiger partial charge in [0.25, 0.3) is 5.91 Å². The molecule has 9 heteroatoms. The van der Waals surface area contributed by atoms with E-state index in [2.05, 4.69) is 21.2 Å². The Bertz CT molecular complexity index is 426. The summed E-state index contributed by atoms with van der Waals surface area (Å²) in [5, 5.41) is 15.3. The lowest BCUT2D eigenvalue weighted by Gasteiger charge is -2.03. The minimum atomic E-state index is -1.23. The predicted molar refractivity (Wildman–Crippen MR) is 48.9 cm³/mol. The second-order valence-corrected chi connectivity index (χ2v) is 2.84. The van der Waals surface area contributed by atoms with E-state index in [4.69, 9.17) is 5.11 Å². The second kappa shape index (κ2) is 4.87. The number of aromatic carboxylic acids is 1. The Balaban J connectivity index is 2.49.